The van der Waals surface area contributed by atoms with E-state index < -0.39 is 0 Å². The monoisotopic (exact) mass is 193 g/mol. The molecule has 0 rings (SSSR count). The van der Waals surface area contributed by atoms with Crippen LogP contribution in [-0.4, -0.2) is 5.84 Å². The van der Waals surface area contributed by atoms with Crippen molar-refractivity contribution < 1.29 is 0 Å². The van der Waals surface area contributed by atoms with Crippen molar-refractivity contribution in [1.82, 2.24) is 0 Å². The zero-order chi connectivity index (χ0) is 11.4. The van der Waals surface area contributed by atoms with Gasteiger partial charge in [-0.3, -0.25) is 0 Å². The van der Waals surface area contributed by atoms with Gasteiger partial charge in [0.2, 0.25) is 0 Å². The highest BCUT2D eigenvalue weighted by atomic mass is 14.9. The molecule has 0 fully saturated rings. The molecule has 0 aromatic rings. The van der Waals surface area contributed by atoms with E-state index >= 15 is 0 Å². The molecule has 0 spiro atoms. The minimum absolute atomic E-state index is 0.0964. The summed E-state index contributed by atoms with van der Waals surface area (Å²) in [7, 11) is 0. The quantitative estimate of drug-likeness (QED) is 0.466. The molecule has 0 aromatic heterocycles. The topological polar surface area (TPSA) is 16.7 Å². The molecule has 78 valence electrons. The van der Waals surface area contributed by atoms with E-state index in [9.17, 15) is 0 Å². The normalized spacial score (nSPS) is 14.4. The van der Waals surface area contributed by atoms with Gasteiger partial charge in [-0.25, -0.2) is 0 Å². The average Bonchev–Trinajstić information content (AvgIpc) is 1.96. The highest BCUT2D eigenvalue weighted by molar-refractivity contribution is 5.96. The van der Waals surface area contributed by atoms with E-state index in [1.807, 2.05) is 27.7 Å². The molecular weight excluding hydrogens is 172 g/mol. The minimum atomic E-state index is -0.0964. The molecule has 0 bridgehead atoms. The molecule has 0 aliphatic rings. The molecule has 0 aliphatic carbocycles. The van der Waals surface area contributed by atoms with Gasteiger partial charge < -0.3 is 0 Å². The number of hydrogen-bond acceptors (Lipinski definition) is 1. The zero-order valence-electron chi connectivity index (χ0n) is 10.1. The van der Waals surface area contributed by atoms with Crippen LogP contribution in [0.5, 0.6) is 0 Å². The maximum Gasteiger partial charge on any atom is 0.406 e. The van der Waals surface area contributed by atoms with E-state index in [0.29, 0.717) is 11.8 Å². The van der Waals surface area contributed by atoms with E-state index in [2.05, 4.69) is 29.8 Å². The van der Waals surface area contributed by atoms with Crippen molar-refractivity contribution in [2.45, 2.75) is 41.5 Å². The summed E-state index contributed by atoms with van der Waals surface area (Å²) in [6.07, 6.45) is 2.09. The summed E-state index contributed by atoms with van der Waals surface area (Å²) in [4.78, 5) is 8.11. The van der Waals surface area contributed by atoms with Crippen molar-refractivity contribution in [3.05, 3.63) is 16.6 Å². The van der Waals surface area contributed by atoms with Crippen LogP contribution in [0.1, 0.15) is 41.5 Å². The van der Waals surface area contributed by atoms with E-state index in [1.54, 1.807) is 0 Å². The van der Waals surface area contributed by atoms with Crippen molar-refractivity contribution in [1.29, 1.82) is 0 Å². The molecule has 0 aromatic carbocycles. The van der Waals surface area contributed by atoms with Crippen LogP contribution in [0.25, 0.3) is 4.85 Å². The predicted octanol–water partition coefficient (Wildman–Crippen LogP) is 3.95. The van der Waals surface area contributed by atoms with E-state index in [-0.39, 0.29) is 5.41 Å². The molecule has 0 radical (unpaired) electrons. The lowest BCUT2D eigenvalue weighted by atomic mass is 9.95. The summed E-state index contributed by atoms with van der Waals surface area (Å²) >= 11 is 0. The second kappa shape index (κ2) is 4.95. The molecule has 0 unspecified atom stereocenters. The number of amidine groups is 1. The lowest BCUT2D eigenvalue weighted by molar-refractivity contribution is 0.593. The Hall–Kier alpha value is -1.10. The fourth-order valence-corrected chi connectivity index (χ4v) is 1.08. The summed E-state index contributed by atoms with van der Waals surface area (Å²) < 4.78 is 0. The molecule has 0 saturated heterocycles. The Morgan fingerprint density at radius 3 is 2.14 bits per heavy atom. The molecule has 0 heterocycles. The Balaban J connectivity index is 4.90. The van der Waals surface area contributed by atoms with Crippen molar-refractivity contribution in [3.63, 3.8) is 0 Å². The van der Waals surface area contributed by atoms with Crippen LogP contribution in [0.4, 0.5) is 0 Å². The molecule has 0 saturated carbocycles. The first-order valence-corrected chi connectivity index (χ1v) is 4.96. The SMILES string of the molecule is C#[N+]C(=N/C(C)=C\C(C)C)C(C)(C)C. The highest BCUT2D eigenvalue weighted by Crippen LogP contribution is 2.18. The van der Waals surface area contributed by atoms with Crippen LogP contribution < -0.4 is 0 Å². The van der Waals surface area contributed by atoms with Gasteiger partial charge >= 0.3 is 5.84 Å². The summed E-state index contributed by atoms with van der Waals surface area (Å²) in [6, 6.07) is 0. The van der Waals surface area contributed by atoms with Gasteiger partial charge in [-0.1, -0.05) is 13.8 Å². The first-order chi connectivity index (χ1) is 6.27. The van der Waals surface area contributed by atoms with Crippen LogP contribution in [0.2, 0.25) is 0 Å². The average molecular weight is 193 g/mol. The lowest BCUT2D eigenvalue weighted by Crippen LogP contribution is -2.16. The zero-order valence-corrected chi connectivity index (χ0v) is 10.1. The smallest absolute Gasteiger partial charge is 0.162 e. The minimum Gasteiger partial charge on any atom is -0.162 e. The fourth-order valence-electron chi connectivity index (χ4n) is 1.08. The third-order valence-corrected chi connectivity index (χ3v) is 1.65. The fraction of sp³-hybridized carbons (Fsp3) is 0.667. The molecular formula is C12H21N2+. The third-order valence-electron chi connectivity index (χ3n) is 1.65. The van der Waals surface area contributed by atoms with Crippen LogP contribution in [0, 0.1) is 17.9 Å². The van der Waals surface area contributed by atoms with E-state index in [0.717, 1.165) is 5.70 Å². The van der Waals surface area contributed by atoms with Gasteiger partial charge in [-0.2, -0.15) is 4.85 Å². The number of aliphatic imine (C=N–C) groups is 1. The molecule has 0 atom stereocenters. The van der Waals surface area contributed by atoms with Crippen LogP contribution in [0.3, 0.4) is 0 Å². The van der Waals surface area contributed by atoms with Crippen molar-refractivity contribution in [2.75, 3.05) is 0 Å². The van der Waals surface area contributed by atoms with Crippen molar-refractivity contribution in [3.8, 4) is 6.57 Å². The largest absolute Gasteiger partial charge is 0.406 e. The second-order valence-corrected chi connectivity index (χ2v) is 4.87. The number of rotatable bonds is 2. The Kier molecular flexibility index (Phi) is 4.56. The molecule has 2 nitrogen and oxygen atoms in total. The molecule has 0 N–H and O–H groups in total. The molecule has 0 amide bonds. The van der Waals surface area contributed by atoms with Gasteiger partial charge in [0.05, 0.1) is 5.41 Å². The first kappa shape index (κ1) is 12.9. The maximum absolute atomic E-state index is 5.31. The first-order valence-electron chi connectivity index (χ1n) is 4.96. The van der Waals surface area contributed by atoms with Gasteiger partial charge in [0.15, 0.2) is 0 Å². The van der Waals surface area contributed by atoms with Crippen molar-refractivity contribution in [2.24, 2.45) is 16.3 Å². The Morgan fingerprint density at radius 1 is 1.36 bits per heavy atom. The molecule has 2 heteroatoms. The Morgan fingerprint density at radius 2 is 1.86 bits per heavy atom. The van der Waals surface area contributed by atoms with E-state index in [4.69, 9.17) is 6.57 Å². The summed E-state index contributed by atoms with van der Waals surface area (Å²) in [5.41, 5.74) is 0.875. The summed E-state index contributed by atoms with van der Waals surface area (Å²) in [5.74, 6) is 1.18. The summed E-state index contributed by atoms with van der Waals surface area (Å²) in [5, 5.41) is 0. The standard InChI is InChI=1S/C12H21N2/c1-9(2)8-10(3)14-11(13-7)12(4,5)6/h7-9H,1-6H3/q+1/b10-8-,14-11?. The number of allylic oxidation sites excluding steroid dienone is 2. The lowest BCUT2D eigenvalue weighted by Gasteiger charge is -2.07. The van der Waals surface area contributed by atoms with Gasteiger partial charge in [0, 0.05) is 6.92 Å². The predicted molar refractivity (Wildman–Crippen MR) is 63.8 cm³/mol. The number of hydrogen-bond donors (Lipinski definition) is 0. The van der Waals surface area contributed by atoms with Gasteiger partial charge in [-0.15, -0.1) is 0 Å². The summed E-state index contributed by atoms with van der Waals surface area (Å²) in [6.45, 7) is 17.7. The highest BCUT2D eigenvalue weighted by Gasteiger charge is 2.28. The van der Waals surface area contributed by atoms with Crippen molar-refractivity contribution >= 4 is 5.84 Å². The van der Waals surface area contributed by atoms with Gasteiger partial charge in [-0.05, 0) is 37.8 Å². The van der Waals surface area contributed by atoms with Crippen LogP contribution >= 0.6 is 0 Å². The van der Waals surface area contributed by atoms with Gasteiger partial charge in [0.25, 0.3) is 0 Å². The Bertz CT molecular complexity index is 282. The van der Waals surface area contributed by atoms with Crippen LogP contribution in [-0.2, 0) is 0 Å². The van der Waals surface area contributed by atoms with Gasteiger partial charge in [0.1, 0.15) is 12.3 Å². The number of nitrogens with zero attached hydrogens (tertiary/aromatic N) is 2. The molecule has 14 heavy (non-hydrogen) atoms. The second-order valence-electron chi connectivity index (χ2n) is 4.87. The van der Waals surface area contributed by atoms with E-state index in [1.165, 1.54) is 0 Å². The van der Waals surface area contributed by atoms with Crippen LogP contribution in [0.15, 0.2) is 16.8 Å². The third kappa shape index (κ3) is 4.81. The maximum atomic E-state index is 5.31. The Labute approximate surface area is 87.6 Å². The molecule has 0 aliphatic heterocycles.